The Labute approximate surface area is 167 Å². The van der Waals surface area contributed by atoms with Crippen LogP contribution in [-0.2, 0) is 24.9 Å². The van der Waals surface area contributed by atoms with Gasteiger partial charge in [-0.25, -0.2) is 4.79 Å². The zero-order valence-electron chi connectivity index (χ0n) is 17.7. The first kappa shape index (κ1) is 21.5. The van der Waals surface area contributed by atoms with Crippen LogP contribution in [0.2, 0.25) is 0 Å². The van der Waals surface area contributed by atoms with Gasteiger partial charge in [-0.2, -0.15) is 5.10 Å². The lowest BCUT2D eigenvalue weighted by Gasteiger charge is -2.22. The van der Waals surface area contributed by atoms with E-state index in [0.29, 0.717) is 24.6 Å². The van der Waals surface area contributed by atoms with E-state index >= 15 is 0 Å². The van der Waals surface area contributed by atoms with E-state index in [1.165, 1.54) is 5.56 Å². The zero-order valence-corrected chi connectivity index (χ0v) is 17.7. The van der Waals surface area contributed by atoms with Crippen LogP contribution in [0, 0.1) is 0 Å². The lowest BCUT2D eigenvalue weighted by atomic mass is 10.1. The first-order chi connectivity index (χ1) is 13.3. The van der Waals surface area contributed by atoms with Gasteiger partial charge in [-0.1, -0.05) is 26.0 Å². The Bertz CT molecular complexity index is 809. The lowest BCUT2D eigenvalue weighted by molar-refractivity contribution is 0.0526. The Morgan fingerprint density at radius 1 is 1.32 bits per heavy atom. The topological polar surface area (TPSA) is 71.8 Å². The van der Waals surface area contributed by atoms with Crippen molar-refractivity contribution in [3.05, 3.63) is 52.8 Å². The summed E-state index contributed by atoms with van der Waals surface area (Å²) in [5, 5.41) is 7.94. The molecule has 0 fully saturated rings. The van der Waals surface area contributed by atoms with Crippen LogP contribution in [-0.4, -0.2) is 47.3 Å². The van der Waals surface area contributed by atoms with Crippen molar-refractivity contribution in [3.63, 3.8) is 0 Å². The van der Waals surface area contributed by atoms with Gasteiger partial charge in [0.15, 0.2) is 5.96 Å². The molecule has 0 aliphatic rings. The van der Waals surface area contributed by atoms with E-state index in [2.05, 4.69) is 40.4 Å². The molecule has 0 saturated heterocycles. The first-order valence-electron chi connectivity index (χ1n) is 9.55. The summed E-state index contributed by atoms with van der Waals surface area (Å²) in [4.78, 5) is 18.2. The van der Waals surface area contributed by atoms with Crippen LogP contribution >= 0.6 is 0 Å². The highest BCUT2D eigenvalue weighted by molar-refractivity contribution is 5.89. The summed E-state index contributed by atoms with van der Waals surface area (Å²) in [5.41, 5.74) is 3.93. The summed E-state index contributed by atoms with van der Waals surface area (Å²) < 4.78 is 6.87. The van der Waals surface area contributed by atoms with Crippen LogP contribution in [0.5, 0.6) is 0 Å². The van der Waals surface area contributed by atoms with E-state index in [9.17, 15) is 4.79 Å². The fourth-order valence-corrected chi connectivity index (χ4v) is 3.03. The van der Waals surface area contributed by atoms with Crippen LogP contribution in [0.1, 0.15) is 53.9 Å². The number of hydrogen-bond acceptors (Lipinski definition) is 4. The summed E-state index contributed by atoms with van der Waals surface area (Å²) in [6, 6.07) is 7.41. The average Bonchev–Trinajstić information content (AvgIpc) is 3.03. The summed E-state index contributed by atoms with van der Waals surface area (Å²) in [6.45, 7) is 7.82. The minimum atomic E-state index is -0.296. The second-order valence-corrected chi connectivity index (χ2v) is 7.04. The highest BCUT2D eigenvalue weighted by Gasteiger charge is 2.15. The molecular weight excluding hydrogens is 354 g/mol. The fraction of sp³-hybridized carbons (Fsp3) is 0.476. The first-order valence-corrected chi connectivity index (χ1v) is 9.55. The Morgan fingerprint density at radius 3 is 2.57 bits per heavy atom. The van der Waals surface area contributed by atoms with Gasteiger partial charge < -0.3 is 15.0 Å². The van der Waals surface area contributed by atoms with Crippen LogP contribution in [0.25, 0.3) is 0 Å². The van der Waals surface area contributed by atoms with Gasteiger partial charge >= 0.3 is 5.97 Å². The number of aromatic nitrogens is 2. The van der Waals surface area contributed by atoms with Gasteiger partial charge in [0.05, 0.1) is 17.9 Å². The molecule has 0 atom stereocenters. The van der Waals surface area contributed by atoms with Crippen molar-refractivity contribution in [1.29, 1.82) is 0 Å². The Balaban J connectivity index is 1.98. The molecule has 0 amide bonds. The molecule has 0 unspecified atom stereocenters. The average molecular weight is 386 g/mol. The molecule has 0 aliphatic heterocycles. The number of ether oxygens (including phenoxy) is 1. The van der Waals surface area contributed by atoms with Crippen LogP contribution in [0.4, 0.5) is 0 Å². The third-order valence-electron chi connectivity index (χ3n) is 4.38. The molecule has 7 nitrogen and oxygen atoms in total. The number of esters is 1. The maximum Gasteiger partial charge on any atom is 0.338 e. The molecule has 28 heavy (non-hydrogen) atoms. The molecule has 0 radical (unpaired) electrons. The maximum absolute atomic E-state index is 11.7. The Morgan fingerprint density at radius 2 is 2.00 bits per heavy atom. The predicted octanol–water partition coefficient (Wildman–Crippen LogP) is 2.93. The number of carbonyl (C=O) groups excluding carboxylic acids is 1. The van der Waals surface area contributed by atoms with E-state index in [1.807, 2.05) is 30.9 Å². The fourth-order valence-electron chi connectivity index (χ4n) is 3.03. The molecule has 0 aliphatic carbocycles. The standard InChI is InChI=1S/C21H31N5O2/c1-7-28-20(27)17-10-8-16(9-11-17)12-23-21(22-4)25(5)13-18-14-26(6)24-19(18)15(2)3/h8-11,14-15H,7,12-13H2,1-6H3,(H,22,23). The van der Waals surface area contributed by atoms with Crippen LogP contribution in [0.3, 0.4) is 0 Å². The van der Waals surface area contributed by atoms with Gasteiger partial charge in [0.25, 0.3) is 0 Å². The van der Waals surface area contributed by atoms with Gasteiger partial charge in [-0.05, 0) is 30.5 Å². The van der Waals surface area contributed by atoms with Crippen LogP contribution < -0.4 is 5.32 Å². The lowest BCUT2D eigenvalue weighted by Crippen LogP contribution is -2.38. The van der Waals surface area contributed by atoms with Crippen LogP contribution in [0.15, 0.2) is 35.5 Å². The highest BCUT2D eigenvalue weighted by Crippen LogP contribution is 2.18. The zero-order chi connectivity index (χ0) is 20.7. The maximum atomic E-state index is 11.7. The smallest absolute Gasteiger partial charge is 0.338 e. The van der Waals surface area contributed by atoms with Gasteiger partial charge in [0.2, 0.25) is 0 Å². The number of benzene rings is 1. The minimum Gasteiger partial charge on any atom is -0.462 e. The Hall–Kier alpha value is -2.83. The van der Waals surface area contributed by atoms with Crippen molar-refractivity contribution in [2.75, 3.05) is 20.7 Å². The summed E-state index contributed by atoms with van der Waals surface area (Å²) in [7, 11) is 5.73. The molecule has 1 heterocycles. The van der Waals surface area contributed by atoms with Crippen molar-refractivity contribution in [3.8, 4) is 0 Å². The SMILES string of the molecule is CCOC(=O)c1ccc(CNC(=NC)N(C)Cc2cn(C)nc2C(C)C)cc1. The highest BCUT2D eigenvalue weighted by atomic mass is 16.5. The van der Waals surface area contributed by atoms with Crippen molar-refractivity contribution in [2.45, 2.75) is 39.8 Å². The number of guanidine groups is 1. The van der Waals surface area contributed by atoms with Gasteiger partial charge in [-0.15, -0.1) is 0 Å². The summed E-state index contributed by atoms with van der Waals surface area (Å²) in [5.74, 6) is 0.875. The van der Waals surface area contributed by atoms with E-state index in [-0.39, 0.29) is 5.97 Å². The third-order valence-corrected chi connectivity index (χ3v) is 4.38. The molecule has 1 aromatic heterocycles. The molecule has 1 aromatic carbocycles. The van der Waals surface area contributed by atoms with E-state index in [4.69, 9.17) is 4.74 Å². The molecule has 7 heteroatoms. The second kappa shape index (κ2) is 9.92. The predicted molar refractivity (Wildman–Crippen MR) is 111 cm³/mol. The quantitative estimate of drug-likeness (QED) is 0.451. The number of aliphatic imine (C=N–C) groups is 1. The van der Waals surface area contributed by atoms with Gasteiger partial charge in [0.1, 0.15) is 0 Å². The normalized spacial score (nSPS) is 11.6. The molecule has 0 saturated carbocycles. The number of rotatable bonds is 7. The second-order valence-electron chi connectivity index (χ2n) is 7.04. The molecule has 1 N–H and O–H groups in total. The van der Waals surface area contributed by atoms with Gasteiger partial charge in [0, 0.05) is 46.0 Å². The molecule has 2 rings (SSSR count). The number of hydrogen-bond donors (Lipinski definition) is 1. The molecule has 2 aromatic rings. The Kier molecular flexibility index (Phi) is 7.61. The van der Waals surface area contributed by atoms with Gasteiger partial charge in [-0.3, -0.25) is 9.67 Å². The number of aryl methyl sites for hydroxylation is 1. The minimum absolute atomic E-state index is 0.296. The monoisotopic (exact) mass is 385 g/mol. The largest absolute Gasteiger partial charge is 0.462 e. The van der Waals surface area contributed by atoms with Crippen molar-refractivity contribution >= 4 is 11.9 Å². The number of nitrogens with zero attached hydrogens (tertiary/aromatic N) is 4. The number of carbonyl (C=O) groups is 1. The van der Waals surface area contributed by atoms with Crippen molar-refractivity contribution in [1.82, 2.24) is 20.0 Å². The molecule has 0 bridgehead atoms. The van der Waals surface area contributed by atoms with E-state index < -0.39 is 0 Å². The summed E-state index contributed by atoms with van der Waals surface area (Å²) in [6.07, 6.45) is 2.06. The molecule has 152 valence electrons. The van der Waals surface area contributed by atoms with Crippen molar-refractivity contribution < 1.29 is 9.53 Å². The number of nitrogens with one attached hydrogen (secondary N) is 1. The summed E-state index contributed by atoms with van der Waals surface area (Å²) >= 11 is 0. The van der Waals surface area contributed by atoms with Crippen molar-refractivity contribution in [2.24, 2.45) is 12.0 Å². The van der Waals surface area contributed by atoms with E-state index in [0.717, 1.165) is 23.8 Å². The third kappa shape index (κ3) is 5.58. The van der Waals surface area contributed by atoms with E-state index in [1.54, 1.807) is 26.1 Å². The molecule has 0 spiro atoms. The molecular formula is C21H31N5O2.